The van der Waals surface area contributed by atoms with Gasteiger partial charge in [-0.05, 0) is 42.5 Å². The fourth-order valence-corrected chi connectivity index (χ4v) is 2.71. The van der Waals surface area contributed by atoms with E-state index in [1.165, 1.54) is 7.05 Å². The average Bonchev–Trinajstić information content (AvgIpc) is 2.99. The van der Waals surface area contributed by atoms with Crippen molar-refractivity contribution in [3.8, 4) is 0 Å². The van der Waals surface area contributed by atoms with Gasteiger partial charge in [0.25, 0.3) is 11.8 Å². The monoisotopic (exact) mass is 351 g/mol. The predicted molar refractivity (Wildman–Crippen MR) is 96.0 cm³/mol. The van der Waals surface area contributed by atoms with Gasteiger partial charge in [-0.2, -0.15) is 0 Å². The fraction of sp³-hybridized carbons (Fsp3) is 0.158. The molecule has 7 nitrogen and oxygen atoms in total. The molecule has 1 saturated heterocycles. The molecule has 1 aliphatic rings. The molecule has 1 heterocycles. The van der Waals surface area contributed by atoms with Crippen LogP contribution in [0.15, 0.2) is 48.5 Å². The molecule has 2 aromatic carbocycles. The van der Waals surface area contributed by atoms with Crippen LogP contribution in [0.3, 0.4) is 0 Å². The number of hydrogen-bond acceptors (Lipinski definition) is 4. The molecule has 0 saturated carbocycles. The second-order valence-electron chi connectivity index (χ2n) is 5.78. The summed E-state index contributed by atoms with van der Waals surface area (Å²) in [5.41, 5.74) is 1.76. The number of carbonyl (C=O) groups excluding carboxylic acids is 4. The zero-order chi connectivity index (χ0) is 18.7. The Labute approximate surface area is 150 Å². The van der Waals surface area contributed by atoms with Crippen LogP contribution in [0.1, 0.15) is 33.6 Å². The van der Waals surface area contributed by atoms with Gasteiger partial charge in [-0.1, -0.05) is 6.07 Å². The summed E-state index contributed by atoms with van der Waals surface area (Å²) in [6.07, 6.45) is 0.422. The molecule has 2 N–H and O–H groups in total. The zero-order valence-electron chi connectivity index (χ0n) is 14.1. The third-order valence-electron chi connectivity index (χ3n) is 4.05. The Hall–Kier alpha value is -3.48. The van der Waals surface area contributed by atoms with E-state index in [0.717, 1.165) is 4.90 Å². The highest BCUT2D eigenvalue weighted by atomic mass is 16.2. The molecule has 3 rings (SSSR count). The number of anilines is 2. The Morgan fingerprint density at radius 2 is 1.54 bits per heavy atom. The van der Waals surface area contributed by atoms with Gasteiger partial charge in [0.2, 0.25) is 11.8 Å². The smallest absolute Gasteiger partial charge is 0.255 e. The summed E-state index contributed by atoms with van der Waals surface area (Å²) < 4.78 is 0. The first-order chi connectivity index (χ1) is 12.5. The van der Waals surface area contributed by atoms with Crippen LogP contribution < -0.4 is 15.5 Å². The summed E-state index contributed by atoms with van der Waals surface area (Å²) in [4.78, 5) is 48.7. The van der Waals surface area contributed by atoms with Crippen LogP contribution in [-0.4, -0.2) is 30.7 Å². The van der Waals surface area contributed by atoms with Gasteiger partial charge in [-0.15, -0.1) is 0 Å². The summed E-state index contributed by atoms with van der Waals surface area (Å²) in [6, 6.07) is 12.8. The number of amides is 4. The van der Waals surface area contributed by atoms with Crippen LogP contribution in [0.2, 0.25) is 0 Å². The molecule has 4 amide bonds. The van der Waals surface area contributed by atoms with Gasteiger partial charge in [0, 0.05) is 36.7 Å². The second kappa shape index (κ2) is 7.18. The molecule has 1 aliphatic heterocycles. The Bertz CT molecular complexity index is 874. The summed E-state index contributed by atoms with van der Waals surface area (Å²) >= 11 is 0. The van der Waals surface area contributed by atoms with Gasteiger partial charge in [0.1, 0.15) is 0 Å². The van der Waals surface area contributed by atoms with E-state index < -0.39 is 0 Å². The first kappa shape index (κ1) is 17.3. The molecule has 2 aromatic rings. The molecular formula is C19H17N3O4. The van der Waals surface area contributed by atoms with Crippen LogP contribution in [-0.2, 0) is 9.59 Å². The quantitative estimate of drug-likeness (QED) is 0.823. The van der Waals surface area contributed by atoms with Crippen molar-refractivity contribution in [2.45, 2.75) is 12.8 Å². The molecule has 1 fully saturated rings. The Morgan fingerprint density at radius 1 is 0.885 bits per heavy atom. The average molecular weight is 351 g/mol. The normalized spacial score (nSPS) is 13.7. The summed E-state index contributed by atoms with van der Waals surface area (Å²) in [5.74, 6) is -1.08. The van der Waals surface area contributed by atoms with E-state index in [1.54, 1.807) is 48.5 Å². The topological polar surface area (TPSA) is 95.6 Å². The van der Waals surface area contributed by atoms with Crippen molar-refractivity contribution in [1.82, 2.24) is 5.32 Å². The van der Waals surface area contributed by atoms with E-state index in [0.29, 0.717) is 22.5 Å². The molecule has 0 radical (unpaired) electrons. The van der Waals surface area contributed by atoms with Crippen LogP contribution >= 0.6 is 0 Å². The van der Waals surface area contributed by atoms with Gasteiger partial charge < -0.3 is 10.6 Å². The lowest BCUT2D eigenvalue weighted by atomic mass is 10.1. The minimum Gasteiger partial charge on any atom is -0.355 e. The van der Waals surface area contributed by atoms with Gasteiger partial charge in [0.05, 0.1) is 5.69 Å². The Balaban J connectivity index is 1.74. The minimum atomic E-state index is -0.357. The number of imide groups is 1. The Kier molecular flexibility index (Phi) is 4.79. The van der Waals surface area contributed by atoms with Gasteiger partial charge >= 0.3 is 0 Å². The maximum Gasteiger partial charge on any atom is 0.255 e. The first-order valence-corrected chi connectivity index (χ1v) is 8.09. The van der Waals surface area contributed by atoms with E-state index in [2.05, 4.69) is 10.6 Å². The van der Waals surface area contributed by atoms with Gasteiger partial charge in [-0.25, -0.2) is 0 Å². The maximum absolute atomic E-state index is 12.4. The van der Waals surface area contributed by atoms with Gasteiger partial charge in [0.15, 0.2) is 0 Å². The molecule has 0 bridgehead atoms. The maximum atomic E-state index is 12.4. The van der Waals surface area contributed by atoms with Crippen molar-refractivity contribution in [1.29, 1.82) is 0 Å². The number of nitrogens with zero attached hydrogens (tertiary/aromatic N) is 1. The molecule has 0 spiro atoms. The zero-order valence-corrected chi connectivity index (χ0v) is 14.1. The first-order valence-electron chi connectivity index (χ1n) is 8.09. The van der Waals surface area contributed by atoms with Crippen molar-refractivity contribution < 1.29 is 19.2 Å². The summed E-state index contributed by atoms with van der Waals surface area (Å²) in [7, 11) is 1.53. The van der Waals surface area contributed by atoms with Crippen molar-refractivity contribution >= 4 is 35.0 Å². The van der Waals surface area contributed by atoms with Gasteiger partial charge in [-0.3, -0.25) is 24.1 Å². The number of benzene rings is 2. The fourth-order valence-electron chi connectivity index (χ4n) is 2.71. The predicted octanol–water partition coefficient (Wildman–Crippen LogP) is 1.95. The SMILES string of the molecule is CNC(=O)c1cccc(NC(=O)c2ccc(N3C(=O)CCC3=O)cc2)c1. The van der Waals surface area contributed by atoms with E-state index in [4.69, 9.17) is 0 Å². The molecule has 0 aliphatic carbocycles. The van der Waals surface area contributed by atoms with Crippen molar-refractivity contribution in [2.24, 2.45) is 0 Å². The molecule has 0 unspecified atom stereocenters. The highest BCUT2D eigenvalue weighted by Gasteiger charge is 2.30. The number of carbonyl (C=O) groups is 4. The van der Waals surface area contributed by atoms with E-state index in [9.17, 15) is 19.2 Å². The molecular weight excluding hydrogens is 334 g/mol. The lowest BCUT2D eigenvalue weighted by Gasteiger charge is -2.14. The number of hydrogen-bond donors (Lipinski definition) is 2. The van der Waals surface area contributed by atoms with E-state index in [-0.39, 0.29) is 36.5 Å². The standard InChI is InChI=1S/C19H17N3O4/c1-20-18(25)13-3-2-4-14(11-13)21-19(26)12-5-7-15(8-6-12)22-16(23)9-10-17(22)24/h2-8,11H,9-10H2,1H3,(H,20,25)(H,21,26). The van der Waals surface area contributed by atoms with Crippen LogP contribution in [0.5, 0.6) is 0 Å². The summed E-state index contributed by atoms with van der Waals surface area (Å²) in [6.45, 7) is 0. The van der Waals surface area contributed by atoms with Crippen LogP contribution in [0.25, 0.3) is 0 Å². The third-order valence-corrected chi connectivity index (χ3v) is 4.05. The number of rotatable bonds is 4. The Morgan fingerprint density at radius 3 is 2.15 bits per heavy atom. The van der Waals surface area contributed by atoms with Crippen molar-refractivity contribution in [3.05, 3.63) is 59.7 Å². The lowest BCUT2D eigenvalue weighted by molar-refractivity contribution is -0.121. The van der Waals surface area contributed by atoms with E-state index in [1.807, 2.05) is 0 Å². The van der Waals surface area contributed by atoms with Crippen molar-refractivity contribution in [2.75, 3.05) is 17.3 Å². The minimum absolute atomic E-state index is 0.211. The summed E-state index contributed by atoms with van der Waals surface area (Å²) in [5, 5.41) is 5.24. The van der Waals surface area contributed by atoms with E-state index >= 15 is 0 Å². The lowest BCUT2D eigenvalue weighted by Crippen LogP contribution is -2.28. The molecule has 0 aromatic heterocycles. The molecule has 0 atom stereocenters. The highest BCUT2D eigenvalue weighted by molar-refractivity contribution is 6.20. The molecule has 132 valence electrons. The third kappa shape index (κ3) is 3.46. The van der Waals surface area contributed by atoms with Crippen molar-refractivity contribution in [3.63, 3.8) is 0 Å². The van der Waals surface area contributed by atoms with Crippen LogP contribution in [0.4, 0.5) is 11.4 Å². The van der Waals surface area contributed by atoms with Crippen LogP contribution in [0, 0.1) is 0 Å². The highest BCUT2D eigenvalue weighted by Crippen LogP contribution is 2.23. The number of nitrogens with one attached hydrogen (secondary N) is 2. The molecule has 26 heavy (non-hydrogen) atoms. The molecule has 7 heteroatoms. The largest absolute Gasteiger partial charge is 0.355 e. The second-order valence-corrected chi connectivity index (χ2v) is 5.78.